The van der Waals surface area contributed by atoms with Crippen LogP contribution in [0.15, 0.2) is 29.2 Å². The van der Waals surface area contributed by atoms with E-state index in [0.717, 1.165) is 5.56 Å². The lowest BCUT2D eigenvalue weighted by Crippen LogP contribution is -2.45. The Morgan fingerprint density at radius 3 is 2.43 bits per heavy atom. The number of hydrogen-bond acceptors (Lipinski definition) is 7. The number of sulfonamides is 1. The van der Waals surface area contributed by atoms with Gasteiger partial charge in [-0.3, -0.25) is 9.59 Å². The Morgan fingerprint density at radius 1 is 1.27 bits per heavy atom. The number of aryl methyl sites for hydroxylation is 1. The Hall–Kier alpha value is -1.98. The first kappa shape index (κ1) is 24.3. The van der Waals surface area contributed by atoms with E-state index in [4.69, 9.17) is 4.74 Å². The summed E-state index contributed by atoms with van der Waals surface area (Å²) in [6, 6.07) is 4.51. The van der Waals surface area contributed by atoms with Gasteiger partial charge in [0.1, 0.15) is 6.04 Å². The lowest BCUT2D eigenvalue weighted by molar-refractivity contribution is -0.153. The first-order valence-corrected chi connectivity index (χ1v) is 13.0. The quantitative estimate of drug-likeness (QED) is 0.536. The van der Waals surface area contributed by atoms with Crippen molar-refractivity contribution in [3.63, 3.8) is 0 Å². The van der Waals surface area contributed by atoms with E-state index < -0.39 is 50.4 Å². The van der Waals surface area contributed by atoms with Gasteiger partial charge in [-0.1, -0.05) is 24.6 Å². The van der Waals surface area contributed by atoms with Crippen LogP contribution in [0.4, 0.5) is 0 Å². The summed E-state index contributed by atoms with van der Waals surface area (Å²) in [6.07, 6.45) is 0.984. The van der Waals surface area contributed by atoms with E-state index in [9.17, 15) is 26.4 Å². The fraction of sp³-hybridized carbons (Fsp3) is 0.579. The summed E-state index contributed by atoms with van der Waals surface area (Å²) >= 11 is 0. The highest BCUT2D eigenvalue weighted by atomic mass is 32.2. The molecule has 0 radical (unpaired) electrons. The van der Waals surface area contributed by atoms with Crippen molar-refractivity contribution >= 4 is 31.7 Å². The number of hydrogen-bond donors (Lipinski definition) is 1. The van der Waals surface area contributed by atoms with Crippen LogP contribution in [0.5, 0.6) is 0 Å². The first-order chi connectivity index (χ1) is 13.9. The van der Waals surface area contributed by atoms with Gasteiger partial charge in [-0.05, 0) is 38.8 Å². The van der Waals surface area contributed by atoms with Gasteiger partial charge in [-0.15, -0.1) is 0 Å². The molecule has 1 saturated heterocycles. The molecule has 1 amide bonds. The Kier molecular flexibility index (Phi) is 8.00. The molecule has 168 valence electrons. The van der Waals surface area contributed by atoms with E-state index >= 15 is 0 Å². The number of benzene rings is 1. The number of nitrogens with zero attached hydrogens (tertiary/aromatic N) is 1. The third-order valence-corrected chi connectivity index (χ3v) is 8.10. The molecule has 30 heavy (non-hydrogen) atoms. The van der Waals surface area contributed by atoms with Crippen molar-refractivity contribution in [2.45, 2.75) is 50.6 Å². The molecule has 11 heteroatoms. The molecule has 1 aliphatic heterocycles. The van der Waals surface area contributed by atoms with Crippen molar-refractivity contribution in [2.75, 3.05) is 24.7 Å². The van der Waals surface area contributed by atoms with Crippen molar-refractivity contribution in [1.29, 1.82) is 0 Å². The van der Waals surface area contributed by atoms with E-state index in [1.165, 1.54) is 24.0 Å². The number of rotatable bonds is 9. The molecule has 0 bridgehead atoms. The molecule has 1 fully saturated rings. The van der Waals surface area contributed by atoms with Gasteiger partial charge in [-0.25, -0.2) is 16.8 Å². The van der Waals surface area contributed by atoms with Crippen LogP contribution < -0.4 is 4.72 Å². The molecule has 2 atom stereocenters. The average Bonchev–Trinajstić information content (AvgIpc) is 3.03. The maximum atomic E-state index is 12.5. The summed E-state index contributed by atoms with van der Waals surface area (Å²) in [5, 5.41) is 0. The SMILES string of the molecule is CCCN(C(=O)COC(=O)[C@H](C)NS(=O)(=O)c1ccc(C)cc1)C1CCS(=O)(=O)C1. The predicted octanol–water partition coefficient (Wildman–Crippen LogP) is 0.631. The number of ether oxygens (including phenoxy) is 1. The molecular weight excluding hydrogens is 432 g/mol. The first-order valence-electron chi connectivity index (χ1n) is 9.70. The molecule has 0 aromatic heterocycles. The second-order valence-electron chi connectivity index (χ2n) is 7.41. The van der Waals surface area contributed by atoms with Crippen LogP contribution in [0, 0.1) is 6.92 Å². The molecule has 0 spiro atoms. The van der Waals surface area contributed by atoms with Crippen molar-refractivity contribution in [2.24, 2.45) is 0 Å². The van der Waals surface area contributed by atoms with E-state index in [2.05, 4.69) is 4.72 Å². The Bertz CT molecular complexity index is 973. The minimum atomic E-state index is -3.92. The normalized spacial score (nSPS) is 19.2. The largest absolute Gasteiger partial charge is 0.454 e. The number of carbonyl (C=O) groups excluding carboxylic acids is 2. The smallest absolute Gasteiger partial charge is 0.324 e. The van der Waals surface area contributed by atoms with E-state index in [-0.39, 0.29) is 16.4 Å². The van der Waals surface area contributed by atoms with E-state index in [0.29, 0.717) is 19.4 Å². The van der Waals surface area contributed by atoms with E-state index in [1.54, 1.807) is 12.1 Å². The zero-order chi connectivity index (χ0) is 22.5. The topological polar surface area (TPSA) is 127 Å². The molecular formula is C19H28N2O7S2. The van der Waals surface area contributed by atoms with Gasteiger partial charge in [0.05, 0.1) is 16.4 Å². The van der Waals surface area contributed by atoms with Crippen molar-refractivity contribution in [3.05, 3.63) is 29.8 Å². The molecule has 1 N–H and O–H groups in total. The molecule has 0 aliphatic carbocycles. The van der Waals surface area contributed by atoms with Crippen LogP contribution in [-0.2, 0) is 34.2 Å². The van der Waals surface area contributed by atoms with Gasteiger partial charge < -0.3 is 9.64 Å². The number of amides is 1. The van der Waals surface area contributed by atoms with Crippen molar-refractivity contribution in [1.82, 2.24) is 9.62 Å². The van der Waals surface area contributed by atoms with E-state index in [1.807, 2.05) is 13.8 Å². The highest BCUT2D eigenvalue weighted by Gasteiger charge is 2.34. The summed E-state index contributed by atoms with van der Waals surface area (Å²) in [5.41, 5.74) is 0.895. The standard InChI is InChI=1S/C19H28N2O7S2/c1-4-10-21(16-9-11-29(24,25)13-16)18(22)12-28-19(23)15(3)20-30(26,27)17-7-5-14(2)6-8-17/h5-8,15-16,20H,4,9-13H2,1-3H3/t15-,16?/m0/s1. The third-order valence-electron chi connectivity index (χ3n) is 4.79. The molecule has 1 heterocycles. The summed E-state index contributed by atoms with van der Waals surface area (Å²) in [7, 11) is -7.09. The van der Waals surface area contributed by atoms with Gasteiger partial charge in [-0.2, -0.15) is 4.72 Å². The van der Waals surface area contributed by atoms with Crippen LogP contribution in [-0.4, -0.2) is 70.4 Å². The second-order valence-corrected chi connectivity index (χ2v) is 11.4. The predicted molar refractivity (Wildman–Crippen MR) is 111 cm³/mol. The van der Waals surface area contributed by atoms with Gasteiger partial charge in [0, 0.05) is 12.6 Å². The van der Waals surface area contributed by atoms with Gasteiger partial charge in [0.2, 0.25) is 10.0 Å². The van der Waals surface area contributed by atoms with Gasteiger partial charge in [0.25, 0.3) is 5.91 Å². The highest BCUT2D eigenvalue weighted by Crippen LogP contribution is 2.18. The molecule has 9 nitrogen and oxygen atoms in total. The zero-order valence-corrected chi connectivity index (χ0v) is 19.0. The average molecular weight is 461 g/mol. The summed E-state index contributed by atoms with van der Waals surface area (Å²) < 4.78 is 55.4. The van der Waals surface area contributed by atoms with Crippen molar-refractivity contribution in [3.8, 4) is 0 Å². The molecule has 1 aromatic carbocycles. The number of nitrogens with one attached hydrogen (secondary N) is 1. The maximum absolute atomic E-state index is 12.5. The van der Waals surface area contributed by atoms with Crippen LogP contribution in [0.1, 0.15) is 32.3 Å². The number of sulfone groups is 1. The lowest BCUT2D eigenvalue weighted by Gasteiger charge is -2.27. The minimum Gasteiger partial charge on any atom is -0.454 e. The fourth-order valence-electron chi connectivity index (χ4n) is 3.18. The monoisotopic (exact) mass is 460 g/mol. The van der Waals surface area contributed by atoms with Crippen molar-refractivity contribution < 1.29 is 31.2 Å². The van der Waals surface area contributed by atoms with Crippen LogP contribution in [0.2, 0.25) is 0 Å². The molecule has 2 rings (SSSR count). The Balaban J connectivity index is 1.94. The molecule has 1 aliphatic rings. The third kappa shape index (κ3) is 6.51. The maximum Gasteiger partial charge on any atom is 0.324 e. The fourth-order valence-corrected chi connectivity index (χ4v) is 6.10. The minimum absolute atomic E-state index is 0.0143. The summed E-state index contributed by atoms with van der Waals surface area (Å²) in [5.74, 6) is -1.46. The molecule has 1 unspecified atom stereocenters. The molecule has 0 saturated carbocycles. The summed E-state index contributed by atoms with van der Waals surface area (Å²) in [4.78, 5) is 26.2. The lowest BCUT2D eigenvalue weighted by atomic mass is 10.2. The van der Waals surface area contributed by atoms with Crippen LogP contribution in [0.25, 0.3) is 0 Å². The van der Waals surface area contributed by atoms with Crippen LogP contribution in [0.3, 0.4) is 0 Å². The van der Waals surface area contributed by atoms with Crippen LogP contribution >= 0.6 is 0 Å². The zero-order valence-electron chi connectivity index (χ0n) is 17.3. The number of esters is 1. The highest BCUT2D eigenvalue weighted by molar-refractivity contribution is 7.91. The number of carbonyl (C=O) groups is 2. The molecule has 1 aromatic rings. The van der Waals surface area contributed by atoms with Gasteiger partial charge >= 0.3 is 5.97 Å². The Morgan fingerprint density at radius 2 is 1.90 bits per heavy atom. The second kappa shape index (κ2) is 9.88. The Labute approximate surface area is 177 Å². The summed E-state index contributed by atoms with van der Waals surface area (Å²) in [6.45, 7) is 4.78. The van der Waals surface area contributed by atoms with Gasteiger partial charge in [0.15, 0.2) is 16.4 Å².